The van der Waals surface area contributed by atoms with Gasteiger partial charge >= 0.3 is 0 Å². The molecule has 0 spiro atoms. The Morgan fingerprint density at radius 1 is 1.78 bits per heavy atom. The fourth-order valence-electron chi connectivity index (χ4n) is 1.08. The molecule has 1 atom stereocenters. The van der Waals surface area contributed by atoms with Gasteiger partial charge in [0, 0.05) is 0 Å². The molecule has 0 radical (unpaired) electrons. The standard InChI is InChI=1S/C8H11N/c1-7-2-4-8(6-9)5-3-7/h2,8H,3-5H2,1H3. The molecule has 0 fully saturated rings. The van der Waals surface area contributed by atoms with E-state index in [-0.39, 0.29) is 0 Å². The summed E-state index contributed by atoms with van der Waals surface area (Å²) in [5, 5.41) is 8.50. The molecular weight excluding hydrogens is 110 g/mol. The summed E-state index contributed by atoms with van der Waals surface area (Å²) in [7, 11) is 0. The molecule has 0 aromatic heterocycles. The maximum absolute atomic E-state index is 8.50. The van der Waals surface area contributed by atoms with Crippen LogP contribution in [0.2, 0.25) is 0 Å². The number of hydrogen-bond acceptors (Lipinski definition) is 1. The van der Waals surface area contributed by atoms with Gasteiger partial charge in [-0.15, -0.1) is 0 Å². The van der Waals surface area contributed by atoms with Crippen LogP contribution < -0.4 is 0 Å². The van der Waals surface area contributed by atoms with Crippen molar-refractivity contribution in [3.8, 4) is 6.07 Å². The van der Waals surface area contributed by atoms with E-state index in [1.807, 2.05) is 0 Å². The highest BCUT2D eigenvalue weighted by atomic mass is 14.3. The van der Waals surface area contributed by atoms with Gasteiger partial charge in [-0.1, -0.05) is 11.6 Å². The van der Waals surface area contributed by atoms with Gasteiger partial charge in [0.25, 0.3) is 0 Å². The predicted octanol–water partition coefficient (Wildman–Crippen LogP) is 2.26. The smallest absolute Gasteiger partial charge is 0.0659 e. The minimum absolute atomic E-state index is 0.300. The van der Waals surface area contributed by atoms with Crippen molar-refractivity contribution in [3.05, 3.63) is 11.6 Å². The topological polar surface area (TPSA) is 23.8 Å². The summed E-state index contributed by atoms with van der Waals surface area (Å²) < 4.78 is 0. The first kappa shape index (κ1) is 6.35. The van der Waals surface area contributed by atoms with E-state index < -0.39 is 0 Å². The summed E-state index contributed by atoms with van der Waals surface area (Å²) in [4.78, 5) is 0. The molecule has 0 saturated carbocycles. The van der Waals surface area contributed by atoms with E-state index in [1.54, 1.807) is 0 Å². The van der Waals surface area contributed by atoms with Crippen LogP contribution >= 0.6 is 0 Å². The highest BCUT2D eigenvalue weighted by molar-refractivity contribution is 5.06. The fourth-order valence-corrected chi connectivity index (χ4v) is 1.08. The number of hydrogen-bond donors (Lipinski definition) is 0. The molecule has 0 heterocycles. The molecule has 1 aliphatic carbocycles. The average molecular weight is 121 g/mol. The molecule has 9 heavy (non-hydrogen) atoms. The minimum Gasteiger partial charge on any atom is -0.198 e. The Bertz CT molecular complexity index is 162. The third-order valence-corrected chi connectivity index (χ3v) is 1.82. The van der Waals surface area contributed by atoms with Crippen LogP contribution in [0.25, 0.3) is 0 Å². The van der Waals surface area contributed by atoms with Crippen LogP contribution in [0.1, 0.15) is 26.2 Å². The average Bonchev–Trinajstić information content (AvgIpc) is 1.90. The second kappa shape index (κ2) is 2.68. The minimum atomic E-state index is 0.300. The normalized spacial score (nSPS) is 26.7. The Balaban J connectivity index is 2.48. The zero-order chi connectivity index (χ0) is 6.69. The van der Waals surface area contributed by atoms with Gasteiger partial charge in [0.05, 0.1) is 12.0 Å². The lowest BCUT2D eigenvalue weighted by molar-refractivity contribution is 0.579. The summed E-state index contributed by atoms with van der Waals surface area (Å²) in [6.45, 7) is 2.13. The van der Waals surface area contributed by atoms with Gasteiger partial charge in [-0.3, -0.25) is 0 Å². The molecule has 1 rings (SSSR count). The van der Waals surface area contributed by atoms with Crippen LogP contribution in [-0.4, -0.2) is 0 Å². The monoisotopic (exact) mass is 121 g/mol. The molecule has 0 aliphatic heterocycles. The first-order valence-electron chi connectivity index (χ1n) is 3.38. The van der Waals surface area contributed by atoms with E-state index in [2.05, 4.69) is 19.1 Å². The van der Waals surface area contributed by atoms with E-state index in [9.17, 15) is 0 Å². The van der Waals surface area contributed by atoms with E-state index in [0.29, 0.717) is 5.92 Å². The summed E-state index contributed by atoms with van der Waals surface area (Å²) >= 11 is 0. The highest BCUT2D eigenvalue weighted by Gasteiger charge is 2.09. The molecule has 0 amide bonds. The van der Waals surface area contributed by atoms with Crippen LogP contribution in [0.5, 0.6) is 0 Å². The Kier molecular flexibility index (Phi) is 1.89. The molecule has 1 aliphatic rings. The molecule has 48 valence electrons. The Morgan fingerprint density at radius 2 is 2.56 bits per heavy atom. The van der Waals surface area contributed by atoms with E-state index >= 15 is 0 Å². The molecule has 0 aromatic rings. The number of rotatable bonds is 0. The Morgan fingerprint density at radius 3 is 3.00 bits per heavy atom. The van der Waals surface area contributed by atoms with Crippen molar-refractivity contribution >= 4 is 0 Å². The van der Waals surface area contributed by atoms with Gasteiger partial charge in [-0.25, -0.2) is 0 Å². The zero-order valence-corrected chi connectivity index (χ0v) is 5.72. The second-order valence-electron chi connectivity index (χ2n) is 2.65. The van der Waals surface area contributed by atoms with Gasteiger partial charge in [0.1, 0.15) is 0 Å². The number of allylic oxidation sites excluding steroid dienone is 2. The first-order chi connectivity index (χ1) is 4.33. The van der Waals surface area contributed by atoms with Gasteiger partial charge < -0.3 is 0 Å². The summed E-state index contributed by atoms with van der Waals surface area (Å²) in [5.41, 5.74) is 1.45. The second-order valence-corrected chi connectivity index (χ2v) is 2.65. The van der Waals surface area contributed by atoms with Crippen molar-refractivity contribution in [2.75, 3.05) is 0 Å². The fraction of sp³-hybridized carbons (Fsp3) is 0.625. The molecule has 0 aromatic carbocycles. The molecule has 0 N–H and O–H groups in total. The van der Waals surface area contributed by atoms with Crippen molar-refractivity contribution in [3.63, 3.8) is 0 Å². The maximum atomic E-state index is 8.50. The Hall–Kier alpha value is -0.770. The van der Waals surface area contributed by atoms with Crippen molar-refractivity contribution < 1.29 is 0 Å². The van der Waals surface area contributed by atoms with Crippen LogP contribution in [0.3, 0.4) is 0 Å². The largest absolute Gasteiger partial charge is 0.198 e. The molecular formula is C8H11N. The zero-order valence-electron chi connectivity index (χ0n) is 5.72. The lowest BCUT2D eigenvalue weighted by atomic mass is 9.92. The quantitative estimate of drug-likeness (QED) is 0.451. The predicted molar refractivity (Wildman–Crippen MR) is 36.7 cm³/mol. The summed E-state index contributed by atoms with van der Waals surface area (Å²) in [6, 6.07) is 2.28. The summed E-state index contributed by atoms with van der Waals surface area (Å²) in [5.74, 6) is 0.300. The third kappa shape index (κ3) is 1.57. The first-order valence-corrected chi connectivity index (χ1v) is 3.38. The molecule has 0 bridgehead atoms. The van der Waals surface area contributed by atoms with E-state index in [4.69, 9.17) is 5.26 Å². The van der Waals surface area contributed by atoms with Crippen molar-refractivity contribution in [1.82, 2.24) is 0 Å². The molecule has 1 nitrogen and oxygen atoms in total. The molecule has 1 unspecified atom stereocenters. The Labute approximate surface area is 56.0 Å². The third-order valence-electron chi connectivity index (χ3n) is 1.82. The molecule has 1 heteroatoms. The van der Waals surface area contributed by atoms with Crippen LogP contribution in [0, 0.1) is 17.2 Å². The molecule has 0 saturated heterocycles. The van der Waals surface area contributed by atoms with E-state index in [0.717, 1.165) is 19.3 Å². The van der Waals surface area contributed by atoms with Gasteiger partial charge in [-0.2, -0.15) is 5.26 Å². The van der Waals surface area contributed by atoms with Crippen LogP contribution in [0.15, 0.2) is 11.6 Å². The van der Waals surface area contributed by atoms with Gasteiger partial charge in [0.2, 0.25) is 0 Å². The van der Waals surface area contributed by atoms with Crippen LogP contribution in [-0.2, 0) is 0 Å². The van der Waals surface area contributed by atoms with Gasteiger partial charge in [0.15, 0.2) is 0 Å². The highest BCUT2D eigenvalue weighted by Crippen LogP contribution is 2.21. The number of nitriles is 1. The SMILES string of the molecule is CC1=CCC(C#N)CC1. The van der Waals surface area contributed by atoms with Gasteiger partial charge in [-0.05, 0) is 26.2 Å². The van der Waals surface area contributed by atoms with Crippen molar-refractivity contribution in [1.29, 1.82) is 5.26 Å². The maximum Gasteiger partial charge on any atom is 0.0659 e. The van der Waals surface area contributed by atoms with Crippen molar-refractivity contribution in [2.45, 2.75) is 26.2 Å². The lowest BCUT2D eigenvalue weighted by Gasteiger charge is -2.12. The van der Waals surface area contributed by atoms with E-state index in [1.165, 1.54) is 5.57 Å². The number of nitrogens with zero attached hydrogens (tertiary/aromatic N) is 1. The van der Waals surface area contributed by atoms with Crippen molar-refractivity contribution in [2.24, 2.45) is 5.92 Å². The van der Waals surface area contributed by atoms with Crippen LogP contribution in [0.4, 0.5) is 0 Å². The summed E-state index contributed by atoms with van der Waals surface area (Å²) in [6.07, 6.45) is 5.34. The lowest BCUT2D eigenvalue weighted by Crippen LogP contribution is -2.00.